The summed E-state index contributed by atoms with van der Waals surface area (Å²) in [4.78, 5) is 12.8. The third-order valence-electron chi connectivity index (χ3n) is 3.32. The Kier molecular flexibility index (Phi) is 4.74. The zero-order chi connectivity index (χ0) is 13.7. The molecule has 5 heteroatoms. The molecule has 1 atom stereocenters. The number of rotatable bonds is 6. The fraction of sp³-hybridized carbons (Fsp3) is 0.500. The van der Waals surface area contributed by atoms with Gasteiger partial charge in [0, 0.05) is 19.5 Å². The summed E-state index contributed by atoms with van der Waals surface area (Å²) in [6.07, 6.45) is 1.18. The van der Waals surface area contributed by atoms with Crippen molar-refractivity contribution in [3.8, 4) is 5.75 Å². The summed E-state index contributed by atoms with van der Waals surface area (Å²) < 4.78 is 18.2. The van der Waals surface area contributed by atoms with Gasteiger partial charge in [-0.25, -0.2) is 4.39 Å². The van der Waals surface area contributed by atoms with Gasteiger partial charge < -0.3 is 9.84 Å². The van der Waals surface area contributed by atoms with Crippen LogP contribution in [0.25, 0.3) is 0 Å². The monoisotopic (exact) mass is 267 g/mol. The highest BCUT2D eigenvalue weighted by molar-refractivity contribution is 5.67. The number of carboxylic acid groups (broad SMARTS) is 1. The number of likely N-dealkylation sites (tertiary alicyclic amines) is 1. The molecule has 0 aromatic heterocycles. The van der Waals surface area contributed by atoms with Crippen molar-refractivity contribution in [1.29, 1.82) is 0 Å². The van der Waals surface area contributed by atoms with Crippen molar-refractivity contribution >= 4 is 5.97 Å². The molecule has 1 heterocycles. The molecule has 0 spiro atoms. The summed E-state index contributed by atoms with van der Waals surface area (Å²) in [6, 6.07) is 5.95. The van der Waals surface area contributed by atoms with Gasteiger partial charge in [0.25, 0.3) is 0 Å². The lowest BCUT2D eigenvalue weighted by Crippen LogP contribution is -2.26. The van der Waals surface area contributed by atoms with Crippen LogP contribution in [0.4, 0.5) is 4.39 Å². The molecule has 1 aliphatic rings. The van der Waals surface area contributed by atoms with E-state index in [1.54, 1.807) is 12.1 Å². The molecular formula is C14H18FNO3. The highest BCUT2D eigenvalue weighted by Crippen LogP contribution is 2.19. The maximum Gasteiger partial charge on any atom is 0.303 e. The van der Waals surface area contributed by atoms with Gasteiger partial charge in [0.05, 0.1) is 0 Å². The number of carbonyl (C=O) groups is 1. The molecule has 1 saturated heterocycles. The lowest BCUT2D eigenvalue weighted by atomic mass is 10.1. The molecule has 1 fully saturated rings. The molecule has 1 aromatic carbocycles. The predicted molar refractivity (Wildman–Crippen MR) is 68.7 cm³/mol. The third kappa shape index (κ3) is 4.52. The quantitative estimate of drug-likeness (QED) is 0.856. The highest BCUT2D eigenvalue weighted by Gasteiger charge is 2.23. The van der Waals surface area contributed by atoms with E-state index in [0.29, 0.717) is 12.4 Å². The molecule has 19 heavy (non-hydrogen) atoms. The number of hydrogen-bond donors (Lipinski definition) is 1. The van der Waals surface area contributed by atoms with Gasteiger partial charge in [-0.1, -0.05) is 0 Å². The zero-order valence-corrected chi connectivity index (χ0v) is 10.7. The molecular weight excluding hydrogens is 249 g/mol. The smallest absolute Gasteiger partial charge is 0.303 e. The Morgan fingerprint density at radius 1 is 1.42 bits per heavy atom. The number of hydrogen-bond acceptors (Lipinski definition) is 3. The predicted octanol–water partition coefficient (Wildman–Crippen LogP) is 2.00. The molecule has 104 valence electrons. The lowest BCUT2D eigenvalue weighted by Gasteiger charge is -2.16. The molecule has 0 amide bonds. The second kappa shape index (κ2) is 6.52. The first kappa shape index (κ1) is 13.8. The first-order valence-electron chi connectivity index (χ1n) is 6.46. The minimum Gasteiger partial charge on any atom is -0.492 e. The minimum atomic E-state index is -0.727. The number of aliphatic carboxylic acids is 1. The normalized spacial score (nSPS) is 19.5. The maximum absolute atomic E-state index is 12.7. The van der Waals surface area contributed by atoms with E-state index in [1.165, 1.54) is 12.1 Å². The zero-order valence-electron chi connectivity index (χ0n) is 10.7. The molecule has 4 nitrogen and oxygen atoms in total. The van der Waals surface area contributed by atoms with E-state index < -0.39 is 5.97 Å². The van der Waals surface area contributed by atoms with Crippen LogP contribution in [0.3, 0.4) is 0 Å². The third-order valence-corrected chi connectivity index (χ3v) is 3.32. The Labute approximate surface area is 111 Å². The van der Waals surface area contributed by atoms with E-state index in [9.17, 15) is 9.18 Å². The van der Waals surface area contributed by atoms with Crippen molar-refractivity contribution in [2.24, 2.45) is 5.92 Å². The van der Waals surface area contributed by atoms with Crippen LogP contribution in [-0.4, -0.2) is 42.2 Å². The van der Waals surface area contributed by atoms with Crippen LogP contribution in [0.1, 0.15) is 12.8 Å². The summed E-state index contributed by atoms with van der Waals surface area (Å²) in [5, 5.41) is 8.73. The van der Waals surface area contributed by atoms with Crippen LogP contribution in [-0.2, 0) is 4.79 Å². The number of benzene rings is 1. The molecule has 0 bridgehead atoms. The molecule has 0 aliphatic carbocycles. The number of nitrogens with zero attached hydrogens (tertiary/aromatic N) is 1. The van der Waals surface area contributed by atoms with Crippen molar-refractivity contribution < 1.29 is 19.0 Å². The van der Waals surface area contributed by atoms with Crippen LogP contribution in [0, 0.1) is 11.7 Å². The standard InChI is InChI=1S/C14H18FNO3/c15-12-1-3-13(4-2-12)19-8-7-16-6-5-11(10-16)9-14(17)18/h1-4,11H,5-10H2,(H,17,18). The molecule has 0 saturated carbocycles. The highest BCUT2D eigenvalue weighted by atomic mass is 19.1. The Morgan fingerprint density at radius 3 is 2.84 bits per heavy atom. The van der Waals surface area contributed by atoms with Crippen molar-refractivity contribution in [2.75, 3.05) is 26.2 Å². The van der Waals surface area contributed by atoms with E-state index in [0.717, 1.165) is 26.1 Å². The van der Waals surface area contributed by atoms with Crippen molar-refractivity contribution in [1.82, 2.24) is 4.90 Å². The number of ether oxygens (including phenoxy) is 1. The van der Waals surface area contributed by atoms with E-state index in [-0.39, 0.29) is 18.2 Å². The Hall–Kier alpha value is -1.62. The molecule has 2 rings (SSSR count). The summed E-state index contributed by atoms with van der Waals surface area (Å²) in [5.41, 5.74) is 0. The van der Waals surface area contributed by atoms with Gasteiger partial charge in [0.2, 0.25) is 0 Å². The second-order valence-corrected chi connectivity index (χ2v) is 4.86. The summed E-state index contributed by atoms with van der Waals surface area (Å²) in [5.74, 6) is -0.0937. The largest absolute Gasteiger partial charge is 0.492 e. The van der Waals surface area contributed by atoms with Crippen molar-refractivity contribution in [3.05, 3.63) is 30.1 Å². The van der Waals surface area contributed by atoms with Gasteiger partial charge >= 0.3 is 5.97 Å². The summed E-state index contributed by atoms with van der Waals surface area (Å²) in [6.45, 7) is 3.04. The van der Waals surface area contributed by atoms with Gasteiger partial charge in [-0.3, -0.25) is 9.69 Å². The molecule has 1 aliphatic heterocycles. The van der Waals surface area contributed by atoms with Gasteiger partial charge in [-0.05, 0) is 43.1 Å². The van der Waals surface area contributed by atoms with Crippen LogP contribution >= 0.6 is 0 Å². The van der Waals surface area contributed by atoms with Crippen molar-refractivity contribution in [3.63, 3.8) is 0 Å². The van der Waals surface area contributed by atoms with Gasteiger partial charge in [-0.15, -0.1) is 0 Å². The fourth-order valence-corrected chi connectivity index (χ4v) is 2.35. The summed E-state index contributed by atoms with van der Waals surface area (Å²) in [7, 11) is 0. The van der Waals surface area contributed by atoms with Gasteiger partial charge in [-0.2, -0.15) is 0 Å². The van der Waals surface area contributed by atoms with Gasteiger partial charge in [0.1, 0.15) is 18.2 Å². The lowest BCUT2D eigenvalue weighted by molar-refractivity contribution is -0.138. The van der Waals surface area contributed by atoms with E-state index >= 15 is 0 Å². The Bertz CT molecular complexity index is 421. The maximum atomic E-state index is 12.7. The first-order valence-corrected chi connectivity index (χ1v) is 6.46. The molecule has 1 unspecified atom stereocenters. The van der Waals surface area contributed by atoms with Crippen LogP contribution in [0.2, 0.25) is 0 Å². The molecule has 1 N–H and O–H groups in total. The van der Waals surface area contributed by atoms with Gasteiger partial charge in [0.15, 0.2) is 0 Å². The average molecular weight is 267 g/mol. The van der Waals surface area contributed by atoms with E-state index in [2.05, 4.69) is 4.90 Å². The van der Waals surface area contributed by atoms with E-state index in [1.807, 2.05) is 0 Å². The van der Waals surface area contributed by atoms with Crippen LogP contribution in [0.5, 0.6) is 5.75 Å². The minimum absolute atomic E-state index is 0.245. The number of halogens is 1. The molecule has 1 aromatic rings. The first-order chi connectivity index (χ1) is 9.13. The topological polar surface area (TPSA) is 49.8 Å². The SMILES string of the molecule is O=C(O)CC1CCN(CCOc2ccc(F)cc2)C1. The second-order valence-electron chi connectivity index (χ2n) is 4.86. The number of carboxylic acids is 1. The fourth-order valence-electron chi connectivity index (χ4n) is 2.35. The van der Waals surface area contributed by atoms with Crippen LogP contribution < -0.4 is 4.74 Å². The average Bonchev–Trinajstić information content (AvgIpc) is 2.78. The summed E-state index contributed by atoms with van der Waals surface area (Å²) >= 11 is 0. The molecule has 0 radical (unpaired) electrons. The van der Waals surface area contributed by atoms with Crippen molar-refractivity contribution in [2.45, 2.75) is 12.8 Å². The van der Waals surface area contributed by atoms with E-state index in [4.69, 9.17) is 9.84 Å². The Morgan fingerprint density at radius 2 is 2.16 bits per heavy atom. The Balaban J connectivity index is 1.66. The van der Waals surface area contributed by atoms with Crippen LogP contribution in [0.15, 0.2) is 24.3 Å².